The number of methoxy groups -OCH3 is 1. The zero-order valence-electron chi connectivity index (χ0n) is 46.3. The van der Waals surface area contributed by atoms with Crippen molar-refractivity contribution in [2.75, 3.05) is 51.4 Å². The number of carbonyl (C=O) groups is 10. The first kappa shape index (κ1) is 66.4. The number of ketones is 2. The number of nitrogens with two attached hydrogens (primary N) is 1. The Kier molecular flexibility index (Phi) is 25.0. The number of primary amides is 1. The second-order valence-electron chi connectivity index (χ2n) is 21.8. The van der Waals surface area contributed by atoms with Crippen LogP contribution in [0.2, 0.25) is 0 Å². The van der Waals surface area contributed by atoms with Crippen LogP contribution in [0.15, 0.2) is 17.2 Å². The van der Waals surface area contributed by atoms with Crippen molar-refractivity contribution in [1.29, 1.82) is 0 Å². The van der Waals surface area contributed by atoms with E-state index in [1.54, 1.807) is 53.7 Å². The van der Waals surface area contributed by atoms with Gasteiger partial charge in [-0.05, 0) is 81.7 Å². The van der Waals surface area contributed by atoms with Crippen LogP contribution in [0.4, 0.5) is 4.79 Å². The van der Waals surface area contributed by atoms with Crippen LogP contribution in [0, 0.1) is 29.6 Å². The van der Waals surface area contributed by atoms with Crippen molar-refractivity contribution in [3.05, 3.63) is 23.3 Å². The number of alkyl carbamates (subject to hydrolysis) is 1. The Balaban J connectivity index is 0.0000138. The summed E-state index contributed by atoms with van der Waals surface area (Å²) in [6, 6.07) is -3.06. The van der Waals surface area contributed by atoms with Crippen LogP contribution in [-0.2, 0) is 70.9 Å². The molecule has 11 atom stereocenters. The van der Waals surface area contributed by atoms with Gasteiger partial charge >= 0.3 is 6.09 Å². The number of nitrogens with one attached hydrogen (secondary N) is 7. The number of carbonyl (C=O) groups excluding carboxylic acids is 10. The summed E-state index contributed by atoms with van der Waals surface area (Å²) in [5.74, 6) is -11.3. The van der Waals surface area contributed by atoms with Gasteiger partial charge in [-0.1, -0.05) is 41.5 Å². The van der Waals surface area contributed by atoms with E-state index in [0.29, 0.717) is 59.5 Å². The molecule has 2 aromatic rings. The third-order valence-electron chi connectivity index (χ3n) is 14.5. The smallest absolute Gasteiger partial charge is 0.407 e. The third kappa shape index (κ3) is 17.9. The second-order valence-corrected chi connectivity index (χ2v) is 24.4. The predicted octanol–water partition coefficient (Wildman–Crippen LogP) is 1.01. The molecule has 0 aliphatic carbocycles. The van der Waals surface area contributed by atoms with Gasteiger partial charge in [0.15, 0.2) is 11.6 Å². The van der Waals surface area contributed by atoms with E-state index in [9.17, 15) is 58.2 Å². The number of rotatable bonds is 15. The van der Waals surface area contributed by atoms with Crippen molar-refractivity contribution in [2.45, 2.75) is 154 Å². The third-order valence-corrected chi connectivity index (χ3v) is 17.0. The number of aliphatic hydroxyl groups excluding tert-OH is 2. The van der Waals surface area contributed by atoms with Gasteiger partial charge in [0.25, 0.3) is 0 Å². The molecule has 3 aliphatic heterocycles. The highest BCUT2D eigenvalue weighted by Gasteiger charge is 2.44. The molecule has 8 amide bonds. The van der Waals surface area contributed by atoms with Gasteiger partial charge in [-0.15, -0.1) is 0 Å². The van der Waals surface area contributed by atoms with Crippen LogP contribution in [0.5, 0.6) is 5.75 Å². The fourth-order valence-electron chi connectivity index (χ4n) is 9.95. The standard InChI is InChI=1S/C53H79N9O15S2.CH4/c1-9-28(3)33-19-31(64)21-56-46(69)30-17-34-32-12-13-41(76-8)35(25-78-15-11-10-14-55-52(74)77-53(5,6)7)45(32)61-50(34)79(75)26-37(58-43(68)22-57-47(33)70)48(71)59-36(20-42(54)67)51(73)62-23-27(2)16-38(62)49(72)60-44(39(65)18-30)29(4)40(66)24-63;/h12-13,27-30,33,36-38,40,44,61,63,66H,9-11,14-26H2,1-8H3,(H2,54,67)(H,55,74)(H,56,69)(H,57,70)(H,58,68)(H,59,71)(H,60,72);1H4/t27-,28+,29+,30-,33+,36+,37+,38+,40+,44+,79?;/m1./s1. The van der Waals surface area contributed by atoms with Gasteiger partial charge in [-0.3, -0.25) is 47.4 Å². The maximum atomic E-state index is 15.3. The first-order valence-corrected chi connectivity index (χ1v) is 29.2. The van der Waals surface area contributed by atoms with E-state index in [0.717, 1.165) is 4.90 Å². The number of hydrogen-bond donors (Lipinski definition) is 10. The van der Waals surface area contributed by atoms with Gasteiger partial charge in [-0.25, -0.2) is 4.79 Å². The summed E-state index contributed by atoms with van der Waals surface area (Å²) in [5, 5.41) is 37.1. The number of aromatic amines is 1. The van der Waals surface area contributed by atoms with Crippen LogP contribution in [0.25, 0.3) is 10.9 Å². The van der Waals surface area contributed by atoms with Crippen LogP contribution in [0.1, 0.15) is 112 Å². The van der Waals surface area contributed by atoms with Crippen molar-refractivity contribution in [1.82, 2.24) is 41.8 Å². The number of benzene rings is 1. The molecular weight excluding hydrogens is 1080 g/mol. The van der Waals surface area contributed by atoms with E-state index in [-0.39, 0.29) is 49.7 Å². The van der Waals surface area contributed by atoms with Crippen molar-refractivity contribution < 1.29 is 71.8 Å². The fourth-order valence-corrected chi connectivity index (χ4v) is 12.4. The van der Waals surface area contributed by atoms with Crippen molar-refractivity contribution in [3.63, 3.8) is 0 Å². The summed E-state index contributed by atoms with van der Waals surface area (Å²) in [4.78, 5) is 144. The number of H-pyrrole nitrogens is 1. The normalized spacial score (nSPS) is 25.3. The average molecular weight is 1160 g/mol. The molecule has 1 aromatic carbocycles. The maximum Gasteiger partial charge on any atom is 0.407 e. The number of aliphatic hydroxyl groups is 2. The van der Waals surface area contributed by atoms with Crippen LogP contribution in [-0.4, -0.2) is 171 Å². The summed E-state index contributed by atoms with van der Waals surface area (Å²) < 4.78 is 26.4. The van der Waals surface area contributed by atoms with E-state index in [2.05, 4.69) is 36.9 Å². The lowest BCUT2D eigenvalue weighted by molar-refractivity contribution is -0.143. The Morgan fingerprint density at radius 1 is 0.950 bits per heavy atom. The number of ether oxygens (including phenoxy) is 2. The van der Waals surface area contributed by atoms with Gasteiger partial charge < -0.3 is 67.2 Å². The quantitative estimate of drug-likeness (QED) is 0.111. The SMILES string of the molecule is C.CC[C@H](C)[C@@H]1CC(=O)CNC(=O)[C@H]2CC(=O)[C@H]([C@@H](C)[C@@H](O)CO)NC(=O)[C@@H]3C[C@@H](C)CN3C(=O)[C@H](CC(N)=O)NC(=O)[C@H](CS(=O)c3[nH]c4c(CSCCCCNC(=O)OC(C)(C)C)c(OC)ccc4c3C2)NC(=O)CNC1=O. The molecule has 1 fully saturated rings. The molecule has 5 rings (SSSR count). The Hall–Kier alpha value is -6.12. The summed E-state index contributed by atoms with van der Waals surface area (Å²) in [6.07, 6.45) is -2.46. The highest BCUT2D eigenvalue weighted by atomic mass is 32.2. The molecule has 2 bridgehead atoms. The lowest BCUT2D eigenvalue weighted by atomic mass is 9.85. The number of amides is 8. The van der Waals surface area contributed by atoms with E-state index in [1.807, 2.05) is 0 Å². The number of fused-ring (bicyclic) bond motifs is 5. The van der Waals surface area contributed by atoms with Crippen molar-refractivity contribution in [2.24, 2.45) is 35.3 Å². The summed E-state index contributed by atoms with van der Waals surface area (Å²) in [7, 11) is -0.889. The first-order valence-electron chi connectivity index (χ1n) is 26.8. The lowest BCUT2D eigenvalue weighted by Gasteiger charge is -2.32. The summed E-state index contributed by atoms with van der Waals surface area (Å²) >= 11 is 1.53. The van der Waals surface area contributed by atoms with E-state index >= 15 is 4.21 Å². The van der Waals surface area contributed by atoms with E-state index in [4.69, 9.17) is 15.2 Å². The number of Topliss-reactive ketones (excluding diaryl/α,β-unsaturated/α-hetero) is 2. The molecule has 26 heteroatoms. The minimum absolute atomic E-state index is 0. The molecule has 0 saturated carbocycles. The molecule has 80 heavy (non-hydrogen) atoms. The summed E-state index contributed by atoms with van der Waals surface area (Å²) in [6.45, 7) is 10.2. The van der Waals surface area contributed by atoms with Crippen molar-refractivity contribution >= 4 is 92.5 Å². The topological polar surface area (TPSA) is 364 Å². The zero-order valence-corrected chi connectivity index (χ0v) is 47.9. The van der Waals surface area contributed by atoms with Crippen LogP contribution in [0.3, 0.4) is 0 Å². The molecule has 1 unspecified atom stereocenters. The Bertz CT molecular complexity index is 2620. The minimum atomic E-state index is -2.35. The highest BCUT2D eigenvalue weighted by Crippen LogP contribution is 2.37. The predicted molar refractivity (Wildman–Crippen MR) is 299 cm³/mol. The maximum absolute atomic E-state index is 15.3. The molecule has 3 aliphatic rings. The number of hydrogen-bond acceptors (Lipinski definition) is 16. The van der Waals surface area contributed by atoms with Crippen LogP contribution >= 0.6 is 11.8 Å². The zero-order chi connectivity index (χ0) is 58.5. The highest BCUT2D eigenvalue weighted by molar-refractivity contribution is 7.98. The summed E-state index contributed by atoms with van der Waals surface area (Å²) in [5.41, 5.74) is 6.22. The average Bonchev–Trinajstić information content (AvgIpc) is 3.97. The number of unbranched alkanes of at least 4 members (excludes halogenated alkanes) is 1. The molecule has 1 aromatic heterocycles. The number of nitrogens with zero attached hydrogens (tertiary/aromatic N) is 1. The number of aromatic nitrogens is 1. The van der Waals surface area contributed by atoms with Gasteiger partial charge in [-0.2, -0.15) is 11.8 Å². The molecule has 4 heterocycles. The van der Waals surface area contributed by atoms with Gasteiger partial charge in [0, 0.05) is 60.4 Å². The van der Waals surface area contributed by atoms with Crippen LogP contribution < -0.4 is 42.4 Å². The van der Waals surface area contributed by atoms with Gasteiger partial charge in [0.1, 0.15) is 34.5 Å². The fraction of sp³-hybridized carbons (Fsp3) is 0.667. The van der Waals surface area contributed by atoms with E-state index < -0.39 is 168 Å². The molecule has 11 N–H and O–H groups in total. The Morgan fingerprint density at radius 3 is 2.30 bits per heavy atom. The van der Waals surface area contributed by atoms with E-state index in [1.165, 1.54) is 25.8 Å². The molecule has 1 saturated heterocycles. The first-order chi connectivity index (χ1) is 37.3. The van der Waals surface area contributed by atoms with Crippen molar-refractivity contribution in [3.8, 4) is 5.75 Å². The second kappa shape index (κ2) is 30.1. The van der Waals surface area contributed by atoms with Gasteiger partial charge in [0.05, 0.1) is 67.4 Å². The Morgan fingerprint density at radius 2 is 1.65 bits per heavy atom. The molecule has 446 valence electrons. The molecular formula is C54H83N9O15S2. The minimum Gasteiger partial charge on any atom is -0.496 e. The monoisotopic (exact) mass is 1160 g/mol. The lowest BCUT2D eigenvalue weighted by Crippen LogP contribution is -2.60. The largest absolute Gasteiger partial charge is 0.496 e. The van der Waals surface area contributed by atoms with Gasteiger partial charge in [0.2, 0.25) is 41.4 Å². The Labute approximate surface area is 473 Å². The number of thioether (sulfide) groups is 1. The molecule has 0 radical (unpaired) electrons. The molecule has 24 nitrogen and oxygen atoms in total. The molecule has 0 spiro atoms.